The lowest BCUT2D eigenvalue weighted by Gasteiger charge is -2.15. The molecule has 3 aromatic carbocycles. The Kier molecular flexibility index (Phi) is 8.01. The van der Waals surface area contributed by atoms with Crippen LogP contribution in [-0.4, -0.2) is 13.0 Å². The molecule has 6 heteroatoms. The monoisotopic (exact) mass is 452 g/mol. The molecule has 0 bridgehead atoms. The molecule has 0 aromatic heterocycles. The predicted molar refractivity (Wildman–Crippen MR) is 131 cm³/mol. The summed E-state index contributed by atoms with van der Waals surface area (Å²) >= 11 is 6.51. The van der Waals surface area contributed by atoms with E-state index in [1.54, 1.807) is 7.11 Å². The molecule has 2 N–H and O–H groups in total. The third-order valence-corrected chi connectivity index (χ3v) is 5.25. The van der Waals surface area contributed by atoms with Crippen LogP contribution in [0.1, 0.15) is 30.5 Å². The standard InChI is InChI=1S/C26H29ClN2O3/c1-17(2)26(30)29-22-11-9-21(10-12-22)28-15-20-13-23(27)25(24(14-20)31-4)32-16-19-7-5-18(3)6-8-19/h5-14,17,28H,15-16H2,1-4H3,(H,29,30). The van der Waals surface area contributed by atoms with Crippen molar-refractivity contribution in [1.29, 1.82) is 0 Å². The first-order chi connectivity index (χ1) is 15.4. The van der Waals surface area contributed by atoms with Crippen molar-refractivity contribution in [2.75, 3.05) is 17.7 Å². The normalized spacial score (nSPS) is 10.7. The van der Waals surface area contributed by atoms with Gasteiger partial charge in [-0.25, -0.2) is 0 Å². The van der Waals surface area contributed by atoms with E-state index in [1.807, 2.05) is 62.4 Å². The number of hydrogen-bond acceptors (Lipinski definition) is 4. The van der Waals surface area contributed by atoms with Crippen LogP contribution in [0.5, 0.6) is 11.5 Å². The molecule has 1 amide bonds. The summed E-state index contributed by atoms with van der Waals surface area (Å²) < 4.78 is 11.5. The minimum Gasteiger partial charge on any atom is -0.493 e. The molecule has 0 aliphatic carbocycles. The summed E-state index contributed by atoms with van der Waals surface area (Å²) in [4.78, 5) is 11.8. The second-order valence-electron chi connectivity index (χ2n) is 7.96. The van der Waals surface area contributed by atoms with Crippen LogP contribution >= 0.6 is 11.6 Å². The van der Waals surface area contributed by atoms with Gasteiger partial charge in [-0.15, -0.1) is 0 Å². The second kappa shape index (κ2) is 10.9. The molecule has 0 radical (unpaired) electrons. The number of anilines is 2. The van der Waals surface area contributed by atoms with E-state index in [2.05, 4.69) is 29.7 Å². The summed E-state index contributed by atoms with van der Waals surface area (Å²) in [6.07, 6.45) is 0. The molecule has 5 nitrogen and oxygen atoms in total. The van der Waals surface area contributed by atoms with Crippen LogP contribution in [0.4, 0.5) is 11.4 Å². The van der Waals surface area contributed by atoms with E-state index in [1.165, 1.54) is 5.56 Å². The Morgan fingerprint density at radius 2 is 1.62 bits per heavy atom. The molecular formula is C26H29ClN2O3. The first-order valence-electron chi connectivity index (χ1n) is 10.5. The molecule has 0 aliphatic rings. The molecule has 3 aromatic rings. The fourth-order valence-corrected chi connectivity index (χ4v) is 3.31. The highest BCUT2D eigenvalue weighted by molar-refractivity contribution is 6.32. The fraction of sp³-hybridized carbons (Fsp3) is 0.269. The summed E-state index contributed by atoms with van der Waals surface area (Å²) in [6, 6.07) is 19.6. The van der Waals surface area contributed by atoms with Crippen molar-refractivity contribution in [3.8, 4) is 11.5 Å². The Labute approximate surface area is 194 Å². The van der Waals surface area contributed by atoms with E-state index in [4.69, 9.17) is 21.1 Å². The van der Waals surface area contributed by atoms with Crippen LogP contribution in [0.2, 0.25) is 5.02 Å². The molecule has 0 heterocycles. The Morgan fingerprint density at radius 3 is 2.25 bits per heavy atom. The number of carbonyl (C=O) groups is 1. The maximum atomic E-state index is 11.8. The van der Waals surface area contributed by atoms with Gasteiger partial charge >= 0.3 is 0 Å². The summed E-state index contributed by atoms with van der Waals surface area (Å²) in [5, 5.41) is 6.74. The summed E-state index contributed by atoms with van der Waals surface area (Å²) in [5.74, 6) is 1.06. The Hall–Kier alpha value is -3.18. The minimum atomic E-state index is -0.0589. The van der Waals surface area contributed by atoms with Crippen LogP contribution in [0.25, 0.3) is 0 Å². The van der Waals surface area contributed by atoms with Gasteiger partial charge in [0.25, 0.3) is 0 Å². The van der Waals surface area contributed by atoms with Gasteiger partial charge in [0.1, 0.15) is 6.61 Å². The number of benzene rings is 3. The number of methoxy groups -OCH3 is 1. The van der Waals surface area contributed by atoms with Gasteiger partial charge in [0.2, 0.25) is 5.91 Å². The first-order valence-corrected chi connectivity index (χ1v) is 10.9. The van der Waals surface area contributed by atoms with E-state index >= 15 is 0 Å². The molecule has 0 aliphatic heterocycles. The lowest BCUT2D eigenvalue weighted by Crippen LogP contribution is -2.17. The predicted octanol–water partition coefficient (Wildman–Crippen LogP) is 6.44. The number of amides is 1. The molecule has 0 fully saturated rings. The van der Waals surface area contributed by atoms with Gasteiger partial charge in [-0.2, -0.15) is 0 Å². The SMILES string of the molecule is COc1cc(CNc2ccc(NC(=O)C(C)C)cc2)cc(Cl)c1OCc1ccc(C)cc1. The topological polar surface area (TPSA) is 59.6 Å². The second-order valence-corrected chi connectivity index (χ2v) is 8.37. The number of hydrogen-bond donors (Lipinski definition) is 2. The molecule has 0 saturated carbocycles. The van der Waals surface area contributed by atoms with Gasteiger partial charge in [-0.1, -0.05) is 55.3 Å². The van der Waals surface area contributed by atoms with Crippen molar-refractivity contribution in [1.82, 2.24) is 0 Å². The third kappa shape index (κ3) is 6.41. The lowest BCUT2D eigenvalue weighted by molar-refractivity contribution is -0.118. The first kappa shape index (κ1) is 23.5. The van der Waals surface area contributed by atoms with Gasteiger partial charge in [-0.05, 0) is 54.4 Å². The number of ether oxygens (including phenoxy) is 2. The fourth-order valence-electron chi connectivity index (χ4n) is 3.02. The number of rotatable bonds is 9. The van der Waals surface area contributed by atoms with E-state index in [0.29, 0.717) is 29.7 Å². The highest BCUT2D eigenvalue weighted by atomic mass is 35.5. The quantitative estimate of drug-likeness (QED) is 0.392. The molecule has 168 valence electrons. The van der Waals surface area contributed by atoms with Crippen LogP contribution in [0.15, 0.2) is 60.7 Å². The lowest BCUT2D eigenvalue weighted by atomic mass is 10.1. The number of nitrogens with one attached hydrogen (secondary N) is 2. The third-order valence-electron chi connectivity index (χ3n) is 4.97. The zero-order valence-corrected chi connectivity index (χ0v) is 19.6. The molecule has 32 heavy (non-hydrogen) atoms. The van der Waals surface area contributed by atoms with Gasteiger partial charge in [0.05, 0.1) is 12.1 Å². The van der Waals surface area contributed by atoms with Gasteiger partial charge in [0.15, 0.2) is 11.5 Å². The zero-order chi connectivity index (χ0) is 23.1. The van der Waals surface area contributed by atoms with Crippen molar-refractivity contribution in [3.05, 3.63) is 82.4 Å². The Bertz CT molecular complexity index is 1050. The molecule has 3 rings (SSSR count). The smallest absolute Gasteiger partial charge is 0.226 e. The van der Waals surface area contributed by atoms with Crippen molar-refractivity contribution >= 4 is 28.9 Å². The largest absolute Gasteiger partial charge is 0.493 e. The number of halogens is 1. The molecule has 0 atom stereocenters. The Balaban J connectivity index is 1.62. The van der Waals surface area contributed by atoms with E-state index in [0.717, 1.165) is 22.5 Å². The average Bonchev–Trinajstić information content (AvgIpc) is 2.78. The van der Waals surface area contributed by atoms with Crippen molar-refractivity contribution < 1.29 is 14.3 Å². The van der Waals surface area contributed by atoms with Crippen LogP contribution in [0.3, 0.4) is 0 Å². The van der Waals surface area contributed by atoms with E-state index in [-0.39, 0.29) is 11.8 Å². The zero-order valence-electron chi connectivity index (χ0n) is 18.9. The van der Waals surface area contributed by atoms with Crippen LogP contribution in [-0.2, 0) is 17.9 Å². The highest BCUT2D eigenvalue weighted by Gasteiger charge is 2.13. The Morgan fingerprint density at radius 1 is 0.969 bits per heavy atom. The summed E-state index contributed by atoms with van der Waals surface area (Å²) in [5.41, 5.74) is 4.94. The van der Waals surface area contributed by atoms with E-state index < -0.39 is 0 Å². The van der Waals surface area contributed by atoms with Crippen LogP contribution in [0, 0.1) is 12.8 Å². The van der Waals surface area contributed by atoms with Crippen molar-refractivity contribution in [3.63, 3.8) is 0 Å². The maximum Gasteiger partial charge on any atom is 0.226 e. The van der Waals surface area contributed by atoms with Gasteiger partial charge in [0, 0.05) is 23.8 Å². The molecule has 0 spiro atoms. The number of carbonyl (C=O) groups excluding carboxylic acids is 1. The average molecular weight is 453 g/mol. The highest BCUT2D eigenvalue weighted by Crippen LogP contribution is 2.37. The molecule has 0 unspecified atom stereocenters. The summed E-state index contributed by atoms with van der Waals surface area (Å²) in [6.45, 7) is 6.75. The van der Waals surface area contributed by atoms with Gasteiger partial charge in [-0.3, -0.25) is 4.79 Å². The maximum absolute atomic E-state index is 11.8. The molecule has 0 saturated heterocycles. The molecular weight excluding hydrogens is 424 g/mol. The van der Waals surface area contributed by atoms with Crippen molar-refractivity contribution in [2.45, 2.75) is 33.9 Å². The number of aryl methyl sites for hydroxylation is 1. The van der Waals surface area contributed by atoms with Crippen molar-refractivity contribution in [2.24, 2.45) is 5.92 Å². The summed E-state index contributed by atoms with van der Waals surface area (Å²) in [7, 11) is 1.60. The minimum absolute atomic E-state index is 0.00265. The van der Waals surface area contributed by atoms with Crippen LogP contribution < -0.4 is 20.1 Å². The van der Waals surface area contributed by atoms with Gasteiger partial charge < -0.3 is 20.1 Å². The van der Waals surface area contributed by atoms with E-state index in [9.17, 15) is 4.79 Å².